The van der Waals surface area contributed by atoms with Gasteiger partial charge in [0.05, 0.1) is 12.8 Å². The molecular formula is C15H19N3O. The molecule has 4 nitrogen and oxygen atoms in total. The lowest BCUT2D eigenvalue weighted by Crippen LogP contribution is -2.08. The van der Waals surface area contributed by atoms with E-state index in [1.165, 1.54) is 11.1 Å². The van der Waals surface area contributed by atoms with Gasteiger partial charge in [-0.1, -0.05) is 29.8 Å². The minimum Gasteiger partial charge on any atom is -0.479 e. The first kappa shape index (κ1) is 13.2. The molecule has 4 heteroatoms. The minimum atomic E-state index is 0.168. The van der Waals surface area contributed by atoms with Crippen LogP contribution in [0.15, 0.2) is 36.4 Å². The van der Waals surface area contributed by atoms with Gasteiger partial charge in [0.25, 0.3) is 0 Å². The van der Waals surface area contributed by atoms with Gasteiger partial charge in [-0.25, -0.2) is 0 Å². The zero-order chi connectivity index (χ0) is 13.8. The van der Waals surface area contributed by atoms with E-state index in [0.29, 0.717) is 11.6 Å². The van der Waals surface area contributed by atoms with E-state index >= 15 is 0 Å². The van der Waals surface area contributed by atoms with Crippen LogP contribution in [0.5, 0.6) is 5.88 Å². The van der Waals surface area contributed by atoms with Crippen molar-refractivity contribution in [2.75, 3.05) is 18.2 Å². The molecule has 0 saturated carbocycles. The molecule has 0 bridgehead atoms. The Hall–Kier alpha value is -2.23. The maximum Gasteiger partial charge on any atom is 0.238 e. The third-order valence-electron chi connectivity index (χ3n) is 3.02. The second kappa shape index (κ2) is 5.61. The van der Waals surface area contributed by atoms with E-state index < -0.39 is 0 Å². The number of nitrogens with two attached hydrogens (primary N) is 1. The van der Waals surface area contributed by atoms with Gasteiger partial charge in [-0.3, -0.25) is 0 Å². The SMILES string of the molecule is COc1nc(NC(C)c2ccc(C)cc2)ccc1N. The predicted molar refractivity (Wildman–Crippen MR) is 78.4 cm³/mol. The van der Waals surface area contributed by atoms with E-state index in [1.807, 2.05) is 6.07 Å². The zero-order valence-corrected chi connectivity index (χ0v) is 11.5. The van der Waals surface area contributed by atoms with Crippen molar-refractivity contribution in [2.45, 2.75) is 19.9 Å². The van der Waals surface area contributed by atoms with Crippen LogP contribution in [0.1, 0.15) is 24.1 Å². The number of nitrogens with zero attached hydrogens (tertiary/aromatic N) is 1. The molecular weight excluding hydrogens is 238 g/mol. The highest BCUT2D eigenvalue weighted by Crippen LogP contribution is 2.23. The van der Waals surface area contributed by atoms with Crippen LogP contribution in [0, 0.1) is 6.92 Å². The molecule has 1 atom stereocenters. The van der Waals surface area contributed by atoms with Crippen LogP contribution in [0.3, 0.4) is 0 Å². The first-order valence-corrected chi connectivity index (χ1v) is 6.24. The average molecular weight is 257 g/mol. The topological polar surface area (TPSA) is 60.2 Å². The van der Waals surface area contributed by atoms with Crippen LogP contribution < -0.4 is 15.8 Å². The number of hydrogen-bond acceptors (Lipinski definition) is 4. The molecule has 0 saturated heterocycles. The summed E-state index contributed by atoms with van der Waals surface area (Å²) in [4.78, 5) is 4.32. The fraction of sp³-hybridized carbons (Fsp3) is 0.267. The smallest absolute Gasteiger partial charge is 0.238 e. The Kier molecular flexibility index (Phi) is 3.90. The number of anilines is 2. The Morgan fingerprint density at radius 2 is 1.84 bits per heavy atom. The van der Waals surface area contributed by atoms with Crippen LogP contribution in [0.2, 0.25) is 0 Å². The summed E-state index contributed by atoms with van der Waals surface area (Å²) in [6.45, 7) is 4.17. The molecule has 19 heavy (non-hydrogen) atoms. The number of nitrogens with one attached hydrogen (secondary N) is 1. The zero-order valence-electron chi connectivity index (χ0n) is 11.5. The minimum absolute atomic E-state index is 0.168. The van der Waals surface area contributed by atoms with Crippen LogP contribution >= 0.6 is 0 Å². The van der Waals surface area contributed by atoms with E-state index in [9.17, 15) is 0 Å². The Bertz CT molecular complexity index is 552. The molecule has 0 aliphatic rings. The number of nitrogen functional groups attached to an aromatic ring is 1. The van der Waals surface area contributed by atoms with Crippen molar-refractivity contribution in [3.05, 3.63) is 47.5 Å². The van der Waals surface area contributed by atoms with Crippen molar-refractivity contribution in [3.8, 4) is 5.88 Å². The van der Waals surface area contributed by atoms with Crippen LogP contribution in [0.4, 0.5) is 11.5 Å². The van der Waals surface area contributed by atoms with Crippen molar-refractivity contribution in [2.24, 2.45) is 0 Å². The highest BCUT2D eigenvalue weighted by atomic mass is 16.5. The second-order valence-electron chi connectivity index (χ2n) is 4.57. The van der Waals surface area contributed by atoms with Crippen molar-refractivity contribution in [1.82, 2.24) is 4.98 Å². The monoisotopic (exact) mass is 257 g/mol. The third-order valence-corrected chi connectivity index (χ3v) is 3.02. The molecule has 1 heterocycles. The number of rotatable bonds is 4. The van der Waals surface area contributed by atoms with Gasteiger partial charge < -0.3 is 15.8 Å². The Morgan fingerprint density at radius 1 is 1.16 bits per heavy atom. The van der Waals surface area contributed by atoms with Crippen molar-refractivity contribution < 1.29 is 4.74 Å². The molecule has 0 aliphatic carbocycles. The first-order valence-electron chi connectivity index (χ1n) is 6.24. The molecule has 3 N–H and O–H groups in total. The third kappa shape index (κ3) is 3.16. The van der Waals surface area contributed by atoms with Gasteiger partial charge in [0.1, 0.15) is 5.82 Å². The molecule has 0 aliphatic heterocycles. The van der Waals surface area contributed by atoms with Gasteiger partial charge in [0, 0.05) is 6.04 Å². The van der Waals surface area contributed by atoms with Gasteiger partial charge in [0.2, 0.25) is 5.88 Å². The Morgan fingerprint density at radius 3 is 2.47 bits per heavy atom. The normalized spacial score (nSPS) is 11.9. The van der Waals surface area contributed by atoms with Gasteiger partial charge in [0.15, 0.2) is 0 Å². The molecule has 100 valence electrons. The van der Waals surface area contributed by atoms with Crippen molar-refractivity contribution in [3.63, 3.8) is 0 Å². The lowest BCUT2D eigenvalue weighted by atomic mass is 10.1. The molecule has 1 aromatic carbocycles. The summed E-state index contributed by atoms with van der Waals surface area (Å²) in [5.41, 5.74) is 8.75. The van der Waals surface area contributed by atoms with E-state index in [0.717, 1.165) is 5.82 Å². The number of pyridine rings is 1. The van der Waals surface area contributed by atoms with E-state index in [4.69, 9.17) is 10.5 Å². The van der Waals surface area contributed by atoms with Gasteiger partial charge in [-0.2, -0.15) is 4.98 Å². The second-order valence-corrected chi connectivity index (χ2v) is 4.57. The fourth-order valence-corrected chi connectivity index (χ4v) is 1.86. The van der Waals surface area contributed by atoms with Gasteiger partial charge in [-0.15, -0.1) is 0 Å². The summed E-state index contributed by atoms with van der Waals surface area (Å²) in [6.07, 6.45) is 0. The number of aryl methyl sites for hydroxylation is 1. The fourth-order valence-electron chi connectivity index (χ4n) is 1.86. The van der Waals surface area contributed by atoms with Crippen molar-refractivity contribution in [1.29, 1.82) is 0 Å². The standard InChI is InChI=1S/C15H19N3O/c1-10-4-6-12(7-5-10)11(2)17-14-9-8-13(16)15(18-14)19-3/h4-9,11H,16H2,1-3H3,(H,17,18). The van der Waals surface area contributed by atoms with Gasteiger partial charge in [-0.05, 0) is 31.5 Å². The molecule has 1 aromatic heterocycles. The van der Waals surface area contributed by atoms with E-state index in [1.54, 1.807) is 13.2 Å². The Balaban J connectivity index is 2.14. The van der Waals surface area contributed by atoms with Gasteiger partial charge >= 0.3 is 0 Å². The number of aromatic nitrogens is 1. The molecule has 2 rings (SSSR count). The van der Waals surface area contributed by atoms with E-state index in [-0.39, 0.29) is 6.04 Å². The number of methoxy groups -OCH3 is 1. The van der Waals surface area contributed by atoms with E-state index in [2.05, 4.69) is 48.4 Å². The summed E-state index contributed by atoms with van der Waals surface area (Å²) in [6, 6.07) is 12.2. The number of ether oxygens (including phenoxy) is 1. The number of benzene rings is 1. The summed E-state index contributed by atoms with van der Waals surface area (Å²) in [5, 5.41) is 3.33. The maximum absolute atomic E-state index is 5.74. The largest absolute Gasteiger partial charge is 0.479 e. The quantitative estimate of drug-likeness (QED) is 0.883. The van der Waals surface area contributed by atoms with Crippen LogP contribution in [-0.4, -0.2) is 12.1 Å². The van der Waals surface area contributed by atoms with Crippen LogP contribution in [0.25, 0.3) is 0 Å². The summed E-state index contributed by atoms with van der Waals surface area (Å²) < 4.78 is 5.11. The first-order chi connectivity index (χ1) is 9.10. The van der Waals surface area contributed by atoms with Crippen molar-refractivity contribution >= 4 is 11.5 Å². The predicted octanol–water partition coefficient (Wildman–Crippen LogP) is 3.15. The maximum atomic E-state index is 5.74. The summed E-state index contributed by atoms with van der Waals surface area (Å²) in [5.74, 6) is 1.19. The lowest BCUT2D eigenvalue weighted by molar-refractivity contribution is 0.401. The lowest BCUT2D eigenvalue weighted by Gasteiger charge is -2.16. The Labute approximate surface area is 113 Å². The molecule has 0 amide bonds. The average Bonchev–Trinajstić information content (AvgIpc) is 2.41. The summed E-state index contributed by atoms with van der Waals surface area (Å²) >= 11 is 0. The molecule has 0 fully saturated rings. The molecule has 0 radical (unpaired) electrons. The van der Waals surface area contributed by atoms with Crippen LogP contribution in [-0.2, 0) is 0 Å². The molecule has 2 aromatic rings. The molecule has 1 unspecified atom stereocenters. The highest BCUT2D eigenvalue weighted by molar-refractivity contribution is 5.54. The molecule has 0 spiro atoms. The highest BCUT2D eigenvalue weighted by Gasteiger charge is 2.08. The summed E-state index contributed by atoms with van der Waals surface area (Å²) in [7, 11) is 1.56. The number of hydrogen-bond donors (Lipinski definition) is 2.